The summed E-state index contributed by atoms with van der Waals surface area (Å²) < 4.78 is 1.95. The molecule has 0 N–H and O–H groups in total. The average Bonchev–Trinajstić information content (AvgIpc) is 3.04. The zero-order chi connectivity index (χ0) is 20.1. The third kappa shape index (κ3) is 2.90. The predicted molar refractivity (Wildman–Crippen MR) is 121 cm³/mol. The molecule has 3 nitrogen and oxygen atoms in total. The summed E-state index contributed by atoms with van der Waals surface area (Å²) in [5.41, 5.74) is 8.52. The van der Waals surface area contributed by atoms with Crippen molar-refractivity contribution < 1.29 is 0 Å². The van der Waals surface area contributed by atoms with Gasteiger partial charge >= 0.3 is 0 Å². The number of aryl methyl sites for hydroxylation is 3. The Morgan fingerprint density at radius 2 is 1.55 bits per heavy atom. The highest BCUT2D eigenvalue weighted by Gasteiger charge is 2.20. The summed E-state index contributed by atoms with van der Waals surface area (Å²) in [5.74, 6) is 0. The fourth-order valence-corrected chi connectivity index (χ4v) is 4.29. The smallest absolute Gasteiger partial charge is 0.164 e. The van der Waals surface area contributed by atoms with Gasteiger partial charge in [0.25, 0.3) is 0 Å². The summed E-state index contributed by atoms with van der Waals surface area (Å²) >= 11 is 6.17. The highest BCUT2D eigenvalue weighted by Crippen LogP contribution is 2.39. The zero-order valence-electron chi connectivity index (χ0n) is 16.6. The molecule has 0 aliphatic rings. The Labute approximate surface area is 174 Å². The van der Waals surface area contributed by atoms with Crippen molar-refractivity contribution in [3.8, 4) is 16.8 Å². The molecular weight excluding hydrogens is 378 g/mol. The molecular formula is C25H20ClN3. The fraction of sp³-hybridized carbons (Fsp3) is 0.120. The van der Waals surface area contributed by atoms with Crippen LogP contribution in [0.25, 0.3) is 38.8 Å². The van der Waals surface area contributed by atoms with E-state index in [9.17, 15) is 0 Å². The second-order valence-corrected chi connectivity index (χ2v) is 7.94. The molecule has 5 rings (SSSR count). The van der Waals surface area contributed by atoms with Crippen molar-refractivity contribution in [3.05, 3.63) is 88.6 Å². The predicted octanol–water partition coefficient (Wildman–Crippen LogP) is 6.82. The lowest BCUT2D eigenvalue weighted by Gasteiger charge is -2.13. The number of aromatic nitrogens is 3. The number of halogens is 1. The van der Waals surface area contributed by atoms with Crippen molar-refractivity contribution in [2.45, 2.75) is 20.8 Å². The third-order valence-corrected chi connectivity index (χ3v) is 5.61. The molecule has 0 aliphatic carbocycles. The number of para-hydroxylation sites is 1. The van der Waals surface area contributed by atoms with Gasteiger partial charge in [0.15, 0.2) is 5.65 Å². The minimum atomic E-state index is 0.729. The van der Waals surface area contributed by atoms with E-state index in [0.29, 0.717) is 0 Å². The largest absolute Gasteiger partial charge is 0.228 e. The first-order valence-electron chi connectivity index (χ1n) is 9.64. The number of fused-ring (bicyclic) bond motifs is 2. The van der Waals surface area contributed by atoms with Gasteiger partial charge in [0.05, 0.1) is 22.3 Å². The van der Waals surface area contributed by atoms with Crippen molar-refractivity contribution in [1.29, 1.82) is 0 Å². The normalized spacial score (nSPS) is 11.4. The van der Waals surface area contributed by atoms with Crippen LogP contribution >= 0.6 is 11.6 Å². The molecule has 0 saturated carbocycles. The summed E-state index contributed by atoms with van der Waals surface area (Å²) in [6.45, 7) is 6.32. The molecule has 29 heavy (non-hydrogen) atoms. The van der Waals surface area contributed by atoms with Crippen LogP contribution in [0.15, 0.2) is 66.7 Å². The summed E-state index contributed by atoms with van der Waals surface area (Å²) in [4.78, 5) is 5.07. The molecule has 0 spiro atoms. The Hall–Kier alpha value is -3.17. The Bertz CT molecular complexity index is 1370. The lowest BCUT2D eigenvalue weighted by Crippen LogP contribution is -1.99. The number of benzene rings is 3. The lowest BCUT2D eigenvalue weighted by atomic mass is 9.93. The SMILES string of the molecule is Cc1cc(C)c2c(-c3ccc(Cl)cc3)c3c(C)nn(-c4ccccc4)c3nc2c1. The minimum absolute atomic E-state index is 0.729. The van der Waals surface area contributed by atoms with Crippen molar-refractivity contribution in [2.24, 2.45) is 0 Å². The van der Waals surface area contributed by atoms with E-state index < -0.39 is 0 Å². The van der Waals surface area contributed by atoms with Crippen LogP contribution in [0.4, 0.5) is 0 Å². The molecule has 0 fully saturated rings. The first-order valence-corrected chi connectivity index (χ1v) is 10.0. The Kier molecular flexibility index (Phi) is 4.14. The van der Waals surface area contributed by atoms with Gasteiger partial charge in [-0.1, -0.05) is 48.0 Å². The fourth-order valence-electron chi connectivity index (χ4n) is 4.16. The van der Waals surface area contributed by atoms with Crippen LogP contribution in [-0.2, 0) is 0 Å². The number of nitrogens with zero attached hydrogens (tertiary/aromatic N) is 3. The minimum Gasteiger partial charge on any atom is -0.228 e. The lowest BCUT2D eigenvalue weighted by molar-refractivity contribution is 0.879. The molecule has 142 valence electrons. The molecule has 2 aromatic heterocycles. The van der Waals surface area contributed by atoms with Gasteiger partial charge in [-0.25, -0.2) is 9.67 Å². The van der Waals surface area contributed by atoms with Crippen LogP contribution < -0.4 is 0 Å². The van der Waals surface area contributed by atoms with Gasteiger partial charge in [-0.15, -0.1) is 0 Å². The monoisotopic (exact) mass is 397 g/mol. The van der Waals surface area contributed by atoms with E-state index in [0.717, 1.165) is 38.5 Å². The van der Waals surface area contributed by atoms with Crippen LogP contribution in [0.3, 0.4) is 0 Å². The van der Waals surface area contributed by atoms with E-state index >= 15 is 0 Å². The second-order valence-electron chi connectivity index (χ2n) is 7.50. The van der Waals surface area contributed by atoms with Gasteiger partial charge in [-0.05, 0) is 67.8 Å². The molecule has 0 radical (unpaired) electrons. The summed E-state index contributed by atoms with van der Waals surface area (Å²) in [7, 11) is 0. The molecule has 4 heteroatoms. The second kappa shape index (κ2) is 6.71. The van der Waals surface area contributed by atoms with Crippen LogP contribution in [0.2, 0.25) is 5.02 Å². The molecule has 3 aromatic carbocycles. The van der Waals surface area contributed by atoms with Crippen molar-refractivity contribution >= 4 is 33.5 Å². The van der Waals surface area contributed by atoms with E-state index in [4.69, 9.17) is 21.7 Å². The van der Waals surface area contributed by atoms with Crippen LogP contribution in [0, 0.1) is 20.8 Å². The molecule has 5 aromatic rings. The molecule has 0 saturated heterocycles. The average molecular weight is 398 g/mol. The van der Waals surface area contributed by atoms with E-state index in [2.05, 4.69) is 57.2 Å². The Morgan fingerprint density at radius 3 is 2.28 bits per heavy atom. The van der Waals surface area contributed by atoms with E-state index in [1.165, 1.54) is 22.1 Å². The Morgan fingerprint density at radius 1 is 0.828 bits per heavy atom. The maximum absolute atomic E-state index is 6.17. The molecule has 0 aliphatic heterocycles. The van der Waals surface area contributed by atoms with Crippen LogP contribution in [0.5, 0.6) is 0 Å². The first-order chi connectivity index (χ1) is 14.0. The van der Waals surface area contributed by atoms with Gasteiger partial charge in [0.2, 0.25) is 0 Å². The maximum Gasteiger partial charge on any atom is 0.164 e. The van der Waals surface area contributed by atoms with Gasteiger partial charge < -0.3 is 0 Å². The van der Waals surface area contributed by atoms with Crippen LogP contribution in [0.1, 0.15) is 16.8 Å². The quantitative estimate of drug-likeness (QED) is 0.327. The highest BCUT2D eigenvalue weighted by atomic mass is 35.5. The summed E-state index contributed by atoms with van der Waals surface area (Å²) in [6.07, 6.45) is 0. The topological polar surface area (TPSA) is 30.7 Å². The number of hydrogen-bond donors (Lipinski definition) is 0. The number of hydrogen-bond acceptors (Lipinski definition) is 2. The van der Waals surface area contributed by atoms with Gasteiger partial charge in [-0.2, -0.15) is 5.10 Å². The molecule has 2 heterocycles. The van der Waals surface area contributed by atoms with Crippen molar-refractivity contribution in [1.82, 2.24) is 14.8 Å². The zero-order valence-corrected chi connectivity index (χ0v) is 17.3. The molecule has 0 amide bonds. The van der Waals surface area contributed by atoms with Crippen LogP contribution in [-0.4, -0.2) is 14.8 Å². The van der Waals surface area contributed by atoms with E-state index in [1.54, 1.807) is 0 Å². The van der Waals surface area contributed by atoms with Crippen molar-refractivity contribution in [2.75, 3.05) is 0 Å². The third-order valence-electron chi connectivity index (χ3n) is 5.36. The van der Waals surface area contributed by atoms with Gasteiger partial charge in [0, 0.05) is 16.0 Å². The molecule has 0 unspecified atom stereocenters. The van der Waals surface area contributed by atoms with E-state index in [-0.39, 0.29) is 0 Å². The number of rotatable bonds is 2. The maximum atomic E-state index is 6.17. The van der Waals surface area contributed by atoms with E-state index in [1.807, 2.05) is 35.0 Å². The summed E-state index contributed by atoms with van der Waals surface area (Å²) in [5, 5.41) is 7.84. The molecule has 0 atom stereocenters. The summed E-state index contributed by atoms with van der Waals surface area (Å²) in [6, 6.07) is 22.6. The highest BCUT2D eigenvalue weighted by molar-refractivity contribution is 6.30. The van der Waals surface area contributed by atoms with Gasteiger partial charge in [-0.3, -0.25) is 0 Å². The van der Waals surface area contributed by atoms with Gasteiger partial charge in [0.1, 0.15) is 0 Å². The molecule has 0 bridgehead atoms. The number of pyridine rings is 1. The first kappa shape index (κ1) is 17.9. The van der Waals surface area contributed by atoms with Crippen molar-refractivity contribution in [3.63, 3.8) is 0 Å². The Balaban J connectivity index is 1.98. The standard InChI is InChI=1S/C25H20ClN3/c1-15-13-16(2)22-21(14-15)27-25-23(24(22)18-9-11-19(26)12-10-18)17(3)28-29(25)20-7-5-4-6-8-20/h4-14H,1-3H3.